The van der Waals surface area contributed by atoms with Crippen molar-refractivity contribution in [2.75, 3.05) is 4.43 Å². The molecule has 0 aromatic heterocycles. The van der Waals surface area contributed by atoms with Crippen molar-refractivity contribution in [2.24, 2.45) is 0 Å². The number of alkyl halides is 1. The summed E-state index contributed by atoms with van der Waals surface area (Å²) in [6.07, 6.45) is 3.71. The van der Waals surface area contributed by atoms with Crippen molar-refractivity contribution in [1.82, 2.24) is 0 Å². The van der Waals surface area contributed by atoms with Gasteiger partial charge in [0.2, 0.25) is 0 Å². The Morgan fingerprint density at radius 2 is 1.94 bits per heavy atom. The van der Waals surface area contributed by atoms with E-state index in [1.165, 1.54) is 38.4 Å². The van der Waals surface area contributed by atoms with Gasteiger partial charge in [0.15, 0.2) is 0 Å². The number of benzene rings is 1. The molecule has 0 radical (unpaired) electrons. The lowest BCUT2D eigenvalue weighted by Gasteiger charge is -2.24. The molecule has 1 aliphatic rings. The predicted octanol–water partition coefficient (Wildman–Crippen LogP) is 5.96. The van der Waals surface area contributed by atoms with Crippen LogP contribution in [0.25, 0.3) is 5.57 Å². The maximum absolute atomic E-state index is 2.48. The van der Waals surface area contributed by atoms with E-state index in [0.29, 0.717) is 0 Å². The second-order valence-electron chi connectivity index (χ2n) is 5.42. The maximum atomic E-state index is 2.48. The van der Waals surface area contributed by atoms with Crippen LogP contribution in [-0.2, 0) is 5.41 Å². The van der Waals surface area contributed by atoms with Crippen molar-refractivity contribution in [3.05, 3.63) is 38.5 Å². The largest absolute Gasteiger partial charge is 0.0864 e. The molecule has 0 amide bonds. The molecule has 0 saturated carbocycles. The van der Waals surface area contributed by atoms with Gasteiger partial charge in [-0.15, -0.1) is 0 Å². The van der Waals surface area contributed by atoms with Crippen LogP contribution < -0.4 is 0 Å². The number of rotatable bonds is 4. The van der Waals surface area contributed by atoms with E-state index < -0.39 is 0 Å². The molecule has 0 N–H and O–H groups in total. The highest BCUT2D eigenvalue weighted by atomic mass is 127. The Kier molecular flexibility index (Phi) is 4.79. The van der Waals surface area contributed by atoms with Gasteiger partial charge in [0, 0.05) is 8.99 Å². The molecule has 0 spiro atoms. The second-order valence-corrected chi connectivity index (χ2v) is 7.74. The summed E-state index contributed by atoms with van der Waals surface area (Å²) in [6.45, 7) is 7.08. The molecule has 0 heterocycles. The number of hydrogen-bond acceptors (Lipinski definition) is 0. The van der Waals surface area contributed by atoms with Gasteiger partial charge in [-0.05, 0) is 75.1 Å². The zero-order valence-corrected chi connectivity index (χ0v) is 15.6. The lowest BCUT2D eigenvalue weighted by molar-refractivity contribution is 0.615. The third-order valence-electron chi connectivity index (χ3n) is 4.01. The van der Waals surface area contributed by atoms with Crippen molar-refractivity contribution in [3.63, 3.8) is 0 Å². The highest BCUT2D eigenvalue weighted by Crippen LogP contribution is 2.49. The molecule has 0 unspecified atom stereocenters. The predicted molar refractivity (Wildman–Crippen MR) is 97.5 cm³/mol. The zero-order chi connectivity index (χ0) is 13.3. The van der Waals surface area contributed by atoms with Crippen molar-refractivity contribution in [3.8, 4) is 0 Å². The smallest absolute Gasteiger partial charge is 0.0133 e. The van der Waals surface area contributed by atoms with Gasteiger partial charge in [0.05, 0.1) is 0 Å². The Bertz CT molecular complexity index is 484. The fourth-order valence-corrected chi connectivity index (χ4v) is 4.06. The van der Waals surface area contributed by atoms with Crippen molar-refractivity contribution in [1.29, 1.82) is 0 Å². The van der Waals surface area contributed by atoms with Crippen molar-refractivity contribution < 1.29 is 0 Å². The average Bonchev–Trinajstić information content (AvgIpc) is 2.54. The van der Waals surface area contributed by atoms with Gasteiger partial charge in [-0.1, -0.05) is 55.0 Å². The molecule has 1 aliphatic carbocycles. The zero-order valence-electron chi connectivity index (χ0n) is 11.3. The first-order chi connectivity index (χ1) is 8.52. The summed E-state index contributed by atoms with van der Waals surface area (Å²) in [5.41, 5.74) is 6.57. The van der Waals surface area contributed by atoms with Gasteiger partial charge in [0.25, 0.3) is 0 Å². The molecule has 0 atom stereocenters. The molecular formula is C16H20I2. The second kappa shape index (κ2) is 5.81. The van der Waals surface area contributed by atoms with Crippen LogP contribution in [-0.4, -0.2) is 4.43 Å². The molecule has 18 heavy (non-hydrogen) atoms. The van der Waals surface area contributed by atoms with Crippen LogP contribution in [0.1, 0.15) is 51.2 Å². The standard InChI is InChI=1S/C16H20I2/c1-4-14-12(6-5-9-17)13-8-7-11(18)10-15(13)16(14,2)3/h7-8,10H,4-6,9H2,1-3H3. The summed E-state index contributed by atoms with van der Waals surface area (Å²) >= 11 is 4.91. The molecule has 0 aliphatic heterocycles. The lowest BCUT2D eigenvalue weighted by atomic mass is 9.80. The van der Waals surface area contributed by atoms with Crippen molar-refractivity contribution in [2.45, 2.75) is 45.4 Å². The first-order valence-corrected chi connectivity index (χ1v) is 9.21. The molecular weight excluding hydrogens is 446 g/mol. The van der Waals surface area contributed by atoms with E-state index in [0.717, 1.165) is 0 Å². The van der Waals surface area contributed by atoms with E-state index in [9.17, 15) is 0 Å². The molecule has 0 saturated heterocycles. The Balaban J connectivity index is 2.54. The minimum Gasteiger partial charge on any atom is -0.0864 e. The van der Waals surface area contributed by atoms with E-state index in [2.05, 4.69) is 84.2 Å². The van der Waals surface area contributed by atoms with Gasteiger partial charge in [0.1, 0.15) is 0 Å². The van der Waals surface area contributed by atoms with Crippen LogP contribution in [0.2, 0.25) is 0 Å². The maximum Gasteiger partial charge on any atom is 0.0133 e. The number of halogens is 2. The molecule has 0 bridgehead atoms. The van der Waals surface area contributed by atoms with E-state index >= 15 is 0 Å². The van der Waals surface area contributed by atoms with Gasteiger partial charge in [-0.3, -0.25) is 0 Å². The SMILES string of the molecule is CCC1=C(CCCI)c2ccc(I)cc2C1(C)C. The van der Waals surface area contributed by atoms with Gasteiger partial charge in [-0.2, -0.15) is 0 Å². The average molecular weight is 466 g/mol. The summed E-state index contributed by atoms with van der Waals surface area (Å²) in [5, 5.41) is 0. The fourth-order valence-electron chi connectivity index (χ4n) is 3.18. The third-order valence-corrected chi connectivity index (χ3v) is 5.45. The highest BCUT2D eigenvalue weighted by molar-refractivity contribution is 14.1. The van der Waals surface area contributed by atoms with Crippen LogP contribution in [0.3, 0.4) is 0 Å². The van der Waals surface area contributed by atoms with Crippen LogP contribution >= 0.6 is 45.2 Å². The minimum atomic E-state index is 0.228. The Labute approximate surface area is 138 Å². The molecule has 1 aromatic rings. The normalized spacial score (nSPS) is 17.2. The summed E-state index contributed by atoms with van der Waals surface area (Å²) in [7, 11) is 0. The Morgan fingerprint density at radius 1 is 1.22 bits per heavy atom. The number of fused-ring (bicyclic) bond motifs is 1. The van der Waals surface area contributed by atoms with E-state index in [1.807, 2.05) is 0 Å². The van der Waals surface area contributed by atoms with Gasteiger partial charge in [-0.25, -0.2) is 0 Å². The number of hydrogen-bond donors (Lipinski definition) is 0. The van der Waals surface area contributed by atoms with Crippen LogP contribution in [0.5, 0.6) is 0 Å². The number of allylic oxidation sites excluding steroid dienone is 2. The molecule has 98 valence electrons. The quantitative estimate of drug-likeness (QED) is 0.380. The van der Waals surface area contributed by atoms with Gasteiger partial charge >= 0.3 is 0 Å². The first-order valence-electron chi connectivity index (χ1n) is 6.61. The summed E-state index contributed by atoms with van der Waals surface area (Å²) in [6, 6.07) is 6.96. The first kappa shape index (κ1) is 14.8. The topological polar surface area (TPSA) is 0 Å². The van der Waals surface area contributed by atoms with Crippen LogP contribution in [0.4, 0.5) is 0 Å². The van der Waals surface area contributed by atoms with E-state index in [1.54, 1.807) is 11.1 Å². The molecule has 2 rings (SSSR count). The van der Waals surface area contributed by atoms with E-state index in [4.69, 9.17) is 0 Å². The molecule has 1 aromatic carbocycles. The highest BCUT2D eigenvalue weighted by Gasteiger charge is 2.36. The van der Waals surface area contributed by atoms with Crippen LogP contribution in [0.15, 0.2) is 23.8 Å². The van der Waals surface area contributed by atoms with Crippen LogP contribution in [0, 0.1) is 3.57 Å². The summed E-state index contributed by atoms with van der Waals surface area (Å²) in [5.74, 6) is 0. The molecule has 2 heteroatoms. The molecule has 0 fully saturated rings. The summed E-state index contributed by atoms with van der Waals surface area (Å²) in [4.78, 5) is 0. The van der Waals surface area contributed by atoms with Crippen molar-refractivity contribution >= 4 is 50.8 Å². The Morgan fingerprint density at radius 3 is 2.56 bits per heavy atom. The summed E-state index contributed by atoms with van der Waals surface area (Å²) < 4.78 is 2.60. The van der Waals surface area contributed by atoms with Gasteiger partial charge < -0.3 is 0 Å². The lowest BCUT2D eigenvalue weighted by Crippen LogP contribution is -2.17. The Hall–Kier alpha value is 0.420. The third kappa shape index (κ3) is 2.51. The molecule has 0 nitrogen and oxygen atoms in total. The fraction of sp³-hybridized carbons (Fsp3) is 0.500. The van der Waals surface area contributed by atoms with E-state index in [-0.39, 0.29) is 5.41 Å². The minimum absolute atomic E-state index is 0.228. The monoisotopic (exact) mass is 466 g/mol.